The van der Waals surface area contributed by atoms with Gasteiger partial charge in [-0.1, -0.05) is 40.7 Å². The average Bonchev–Trinajstić information content (AvgIpc) is 2.88. The number of hydrogen-bond acceptors (Lipinski definition) is 5. The fraction of sp³-hybridized carbons (Fsp3) is 0.125. The van der Waals surface area contributed by atoms with Crippen molar-refractivity contribution in [3.05, 3.63) is 74.2 Å². The summed E-state index contributed by atoms with van der Waals surface area (Å²) in [6, 6.07) is 12.1. The molecule has 128 valence electrons. The fourth-order valence-corrected chi connectivity index (χ4v) is 2.61. The van der Waals surface area contributed by atoms with Crippen molar-refractivity contribution in [3.8, 4) is 5.69 Å². The maximum Gasteiger partial charge on any atom is 0.438 e. The number of para-hydroxylation sites is 1. The molecule has 0 unspecified atom stereocenters. The van der Waals surface area contributed by atoms with Gasteiger partial charge in [-0.25, -0.2) is 4.99 Å². The summed E-state index contributed by atoms with van der Waals surface area (Å²) in [7, 11) is 0. The Hall–Kier alpha value is -3.13. The number of benzene rings is 2. The first-order chi connectivity index (χ1) is 11.9. The lowest BCUT2D eigenvalue weighted by Crippen LogP contribution is -2.22. The predicted octanol–water partition coefficient (Wildman–Crippen LogP) is 3.32. The van der Waals surface area contributed by atoms with Crippen LogP contribution in [0.4, 0.5) is 11.5 Å². The maximum absolute atomic E-state index is 11.3. The summed E-state index contributed by atoms with van der Waals surface area (Å²) in [5.41, 5.74) is 2.17. The van der Waals surface area contributed by atoms with E-state index in [-0.39, 0.29) is 5.49 Å². The Morgan fingerprint density at radius 3 is 2.60 bits per heavy atom. The maximum atomic E-state index is 11.3. The van der Waals surface area contributed by atoms with E-state index in [1.165, 1.54) is 0 Å². The van der Waals surface area contributed by atoms with Gasteiger partial charge in [0.15, 0.2) is 0 Å². The van der Waals surface area contributed by atoms with Gasteiger partial charge in [-0.2, -0.15) is 0 Å². The molecule has 2 aromatic carbocycles. The first kappa shape index (κ1) is 16.7. The van der Waals surface area contributed by atoms with E-state index in [0.29, 0.717) is 21.2 Å². The topological polar surface area (TPSA) is 98.5 Å². The average molecular weight is 360 g/mol. The van der Waals surface area contributed by atoms with Crippen molar-refractivity contribution in [1.29, 1.82) is 0 Å². The van der Waals surface area contributed by atoms with E-state index >= 15 is 0 Å². The molecule has 1 heterocycles. The number of hydrogen-bond donors (Lipinski definition) is 1. The Morgan fingerprint density at radius 1 is 1.24 bits per heavy atom. The van der Waals surface area contributed by atoms with Gasteiger partial charge in [-0.3, -0.25) is 0 Å². The van der Waals surface area contributed by atoms with E-state index in [1.807, 2.05) is 13.0 Å². The molecule has 9 heteroatoms. The van der Waals surface area contributed by atoms with E-state index in [2.05, 4.69) is 10.1 Å². The van der Waals surface area contributed by atoms with E-state index in [0.717, 1.165) is 15.9 Å². The zero-order valence-electron chi connectivity index (χ0n) is 13.4. The molecule has 3 rings (SSSR count). The third-order valence-electron chi connectivity index (χ3n) is 3.59. The molecule has 3 aromatic rings. The minimum atomic E-state index is -0.706. The van der Waals surface area contributed by atoms with Crippen LogP contribution < -0.4 is 5.49 Å². The van der Waals surface area contributed by atoms with Gasteiger partial charge in [-0.05, 0) is 52.9 Å². The number of aryl methyl sites for hydroxylation is 2. The van der Waals surface area contributed by atoms with Crippen LogP contribution in [-0.4, -0.2) is 24.9 Å². The lowest BCUT2D eigenvalue weighted by molar-refractivity contribution is -0.391. The zero-order valence-corrected chi connectivity index (χ0v) is 14.2. The normalized spacial score (nSPS) is 11.7. The summed E-state index contributed by atoms with van der Waals surface area (Å²) in [5, 5.41) is 26.0. The van der Waals surface area contributed by atoms with Gasteiger partial charge in [-0.15, -0.1) is 0 Å². The fourth-order valence-electron chi connectivity index (χ4n) is 2.33. The molecular weight excluding hydrogens is 346 g/mol. The van der Waals surface area contributed by atoms with Crippen molar-refractivity contribution in [2.75, 3.05) is 0 Å². The molecule has 0 amide bonds. The highest BCUT2D eigenvalue weighted by Gasteiger charge is 2.25. The van der Waals surface area contributed by atoms with Crippen molar-refractivity contribution in [2.24, 2.45) is 4.99 Å². The molecule has 0 radical (unpaired) electrons. The minimum absolute atomic E-state index is 0.294. The SMILES string of the molecule is Cc1ccc(N=c2c([N+](=O)[O-])nn(-c3ccccc3C)n2O)c(Cl)c1. The number of nitrogens with zero attached hydrogens (tertiary/aromatic N) is 5. The molecule has 0 atom stereocenters. The van der Waals surface area contributed by atoms with Gasteiger partial charge in [0.1, 0.15) is 5.69 Å². The van der Waals surface area contributed by atoms with Crippen molar-refractivity contribution < 1.29 is 10.1 Å². The van der Waals surface area contributed by atoms with Crippen LogP contribution in [0.1, 0.15) is 11.1 Å². The third kappa shape index (κ3) is 3.11. The third-order valence-corrected chi connectivity index (χ3v) is 3.89. The van der Waals surface area contributed by atoms with Crippen molar-refractivity contribution >= 4 is 23.1 Å². The van der Waals surface area contributed by atoms with Crippen LogP contribution in [0.3, 0.4) is 0 Å². The quantitative estimate of drug-likeness (QED) is 0.440. The highest BCUT2D eigenvalue weighted by Crippen LogP contribution is 2.25. The van der Waals surface area contributed by atoms with Crippen molar-refractivity contribution in [3.63, 3.8) is 0 Å². The van der Waals surface area contributed by atoms with Crippen LogP contribution in [0.15, 0.2) is 47.5 Å². The van der Waals surface area contributed by atoms with Crippen LogP contribution in [0.2, 0.25) is 5.02 Å². The molecule has 0 saturated carbocycles. The van der Waals surface area contributed by atoms with Gasteiger partial charge in [0.2, 0.25) is 0 Å². The van der Waals surface area contributed by atoms with E-state index in [1.54, 1.807) is 43.3 Å². The lowest BCUT2D eigenvalue weighted by atomic mass is 10.2. The van der Waals surface area contributed by atoms with E-state index in [4.69, 9.17) is 11.6 Å². The highest BCUT2D eigenvalue weighted by molar-refractivity contribution is 6.33. The molecule has 0 fully saturated rings. The second kappa shape index (κ2) is 6.40. The molecule has 0 aliphatic heterocycles. The van der Waals surface area contributed by atoms with Crippen LogP contribution in [0.25, 0.3) is 5.69 Å². The molecular formula is C16H14ClN5O3. The molecule has 1 N–H and O–H groups in total. The largest absolute Gasteiger partial charge is 0.438 e. The minimum Gasteiger partial charge on any atom is -0.409 e. The van der Waals surface area contributed by atoms with Gasteiger partial charge < -0.3 is 15.3 Å². The van der Waals surface area contributed by atoms with E-state index < -0.39 is 10.7 Å². The predicted molar refractivity (Wildman–Crippen MR) is 91.5 cm³/mol. The molecule has 0 aliphatic carbocycles. The summed E-state index contributed by atoms with van der Waals surface area (Å²) in [6.07, 6.45) is 0. The van der Waals surface area contributed by atoms with Crippen LogP contribution in [-0.2, 0) is 0 Å². The van der Waals surface area contributed by atoms with Crippen molar-refractivity contribution in [2.45, 2.75) is 13.8 Å². The van der Waals surface area contributed by atoms with Crippen molar-refractivity contribution in [1.82, 2.24) is 14.7 Å². The van der Waals surface area contributed by atoms with Gasteiger partial charge in [0, 0.05) is 0 Å². The molecule has 25 heavy (non-hydrogen) atoms. The number of rotatable bonds is 3. The first-order valence-electron chi connectivity index (χ1n) is 7.31. The Balaban J connectivity index is 2.28. The molecule has 0 bridgehead atoms. The zero-order chi connectivity index (χ0) is 18.1. The number of nitro groups is 1. The Labute approximate surface area is 147 Å². The van der Waals surface area contributed by atoms with Gasteiger partial charge in [0.05, 0.1) is 15.8 Å². The second-order valence-corrected chi connectivity index (χ2v) is 5.84. The molecule has 1 aromatic heterocycles. The summed E-state index contributed by atoms with van der Waals surface area (Å²) >= 11 is 6.13. The number of halogens is 1. The summed E-state index contributed by atoms with van der Waals surface area (Å²) in [5.74, 6) is -0.581. The second-order valence-electron chi connectivity index (χ2n) is 5.44. The summed E-state index contributed by atoms with van der Waals surface area (Å²) < 4.78 is 0. The summed E-state index contributed by atoms with van der Waals surface area (Å²) in [4.78, 5) is 16.3. The smallest absolute Gasteiger partial charge is 0.409 e. The standard InChI is InChI=1S/C16H14ClN5O3/c1-10-7-8-13(12(17)9-10)18-15-16(22(24)25)19-20(21(15)23)14-6-4-3-5-11(14)2/h3-9,23H,1-2H3. The monoisotopic (exact) mass is 359 g/mol. The van der Waals surface area contributed by atoms with Gasteiger partial charge >= 0.3 is 5.82 Å². The van der Waals surface area contributed by atoms with E-state index in [9.17, 15) is 15.3 Å². The number of aromatic nitrogens is 3. The molecule has 8 nitrogen and oxygen atoms in total. The summed E-state index contributed by atoms with van der Waals surface area (Å²) in [6.45, 7) is 3.66. The Morgan fingerprint density at radius 2 is 1.96 bits per heavy atom. The van der Waals surface area contributed by atoms with Crippen LogP contribution in [0, 0.1) is 24.0 Å². The Kier molecular flexibility index (Phi) is 4.28. The molecule has 0 saturated heterocycles. The highest BCUT2D eigenvalue weighted by atomic mass is 35.5. The lowest BCUT2D eigenvalue weighted by Gasteiger charge is -2.03. The molecule has 0 spiro atoms. The van der Waals surface area contributed by atoms with Crippen LogP contribution >= 0.6 is 11.6 Å². The molecule has 0 aliphatic rings. The Bertz CT molecular complexity index is 1040. The first-order valence-corrected chi connectivity index (χ1v) is 7.69. The van der Waals surface area contributed by atoms with Crippen LogP contribution in [0.5, 0.6) is 0 Å². The van der Waals surface area contributed by atoms with Gasteiger partial charge in [0.25, 0.3) is 5.49 Å².